The molecule has 2 heterocycles. The van der Waals surface area contributed by atoms with Gasteiger partial charge in [0.15, 0.2) is 5.17 Å². The van der Waals surface area contributed by atoms with Crippen molar-refractivity contribution in [2.45, 2.75) is 59.0 Å². The predicted octanol–water partition coefficient (Wildman–Crippen LogP) is 6.00. The van der Waals surface area contributed by atoms with Gasteiger partial charge in [-0.3, -0.25) is 4.79 Å². The van der Waals surface area contributed by atoms with Crippen molar-refractivity contribution in [1.29, 1.82) is 0 Å². The van der Waals surface area contributed by atoms with Crippen LogP contribution in [0.1, 0.15) is 69.7 Å². The lowest BCUT2D eigenvalue weighted by molar-refractivity contribution is -0.139. The van der Waals surface area contributed by atoms with Gasteiger partial charge in [0.1, 0.15) is 0 Å². The van der Waals surface area contributed by atoms with Gasteiger partial charge < -0.3 is 15.0 Å². The van der Waals surface area contributed by atoms with Crippen LogP contribution in [0.15, 0.2) is 76.3 Å². The van der Waals surface area contributed by atoms with E-state index >= 15 is 0 Å². The molecule has 1 atom stereocenters. The van der Waals surface area contributed by atoms with Gasteiger partial charge >= 0.3 is 5.97 Å². The van der Waals surface area contributed by atoms with Crippen LogP contribution in [0.2, 0.25) is 0 Å². The molecule has 0 fully saturated rings. The Morgan fingerprint density at radius 3 is 2.36 bits per heavy atom. The van der Waals surface area contributed by atoms with Gasteiger partial charge in [0.25, 0.3) is 0 Å². The Morgan fingerprint density at radius 1 is 1.06 bits per heavy atom. The van der Waals surface area contributed by atoms with E-state index in [1.165, 1.54) is 17.3 Å². The summed E-state index contributed by atoms with van der Waals surface area (Å²) in [7, 11) is 0. The fourth-order valence-corrected chi connectivity index (χ4v) is 5.32. The highest BCUT2D eigenvalue weighted by atomic mass is 32.2. The summed E-state index contributed by atoms with van der Waals surface area (Å²) in [6.07, 6.45) is 0.196. The Morgan fingerprint density at radius 2 is 1.75 bits per heavy atom. The Bertz CT molecular complexity index is 1210. The third-order valence-electron chi connectivity index (χ3n) is 6.06. The number of hydrogen-bond donors (Lipinski definition) is 1. The minimum absolute atomic E-state index is 0.0423. The summed E-state index contributed by atoms with van der Waals surface area (Å²) in [6.45, 7) is 10.3. The molecule has 1 unspecified atom stereocenters. The van der Waals surface area contributed by atoms with Crippen LogP contribution in [0.4, 0.5) is 0 Å². The second-order valence-electron chi connectivity index (χ2n) is 9.46. The van der Waals surface area contributed by atoms with Crippen molar-refractivity contribution in [3.05, 3.63) is 88.0 Å². The number of hydrogen-bond acceptors (Lipinski definition) is 6. The molecule has 0 aromatic heterocycles. The normalized spacial score (nSPS) is 17.2. The molecular weight excluding hydrogens is 470 g/mol. The molecule has 1 N–H and O–H groups in total. The summed E-state index contributed by atoms with van der Waals surface area (Å²) >= 11 is 1.47. The van der Waals surface area contributed by atoms with Crippen molar-refractivity contribution in [2.24, 2.45) is 4.99 Å². The van der Waals surface area contributed by atoms with Crippen LogP contribution < -0.4 is 5.32 Å². The Kier molecular flexibility index (Phi) is 7.99. The Hall–Kier alpha value is -3.32. The molecule has 188 valence electrons. The Balaban J connectivity index is 1.87. The van der Waals surface area contributed by atoms with E-state index in [9.17, 15) is 9.59 Å². The number of fused-ring (bicyclic) bond motifs is 1. The molecule has 2 aromatic rings. The average Bonchev–Trinajstić information content (AvgIpc) is 3.25. The molecule has 2 aromatic carbocycles. The number of rotatable bonds is 8. The highest BCUT2D eigenvalue weighted by molar-refractivity contribution is 8.16. The number of nitrogens with one attached hydrogen (secondary N) is 1. The van der Waals surface area contributed by atoms with Crippen molar-refractivity contribution in [3.8, 4) is 0 Å². The van der Waals surface area contributed by atoms with Gasteiger partial charge in [-0.15, -0.1) is 0 Å². The summed E-state index contributed by atoms with van der Waals surface area (Å²) in [6, 6.07) is 17.6. The number of amidine groups is 1. The lowest BCUT2D eigenvalue weighted by Crippen LogP contribution is -2.38. The summed E-state index contributed by atoms with van der Waals surface area (Å²) in [5.41, 5.74) is 4.90. The molecule has 0 saturated carbocycles. The van der Waals surface area contributed by atoms with Crippen LogP contribution in [-0.4, -0.2) is 34.6 Å². The highest BCUT2D eigenvalue weighted by Crippen LogP contribution is 2.47. The zero-order valence-electron chi connectivity index (χ0n) is 21.4. The van der Waals surface area contributed by atoms with Crippen molar-refractivity contribution in [2.75, 3.05) is 6.61 Å². The minimum atomic E-state index is -0.471. The SMILES string of the molecule is CCOC(=O)C1=C(c2ccccc2)N=C2SC=C(CC(=O)NC(C)C)N2C1c1ccc(C(C)C)cc1. The van der Waals surface area contributed by atoms with Crippen LogP contribution in [0.25, 0.3) is 5.70 Å². The van der Waals surface area contributed by atoms with Gasteiger partial charge in [0.05, 0.1) is 30.3 Å². The van der Waals surface area contributed by atoms with E-state index in [1.54, 1.807) is 6.92 Å². The number of aliphatic imine (C=N–C) groups is 1. The number of nitrogens with zero attached hydrogens (tertiary/aromatic N) is 2. The first kappa shape index (κ1) is 25.8. The minimum Gasteiger partial charge on any atom is -0.463 e. The van der Waals surface area contributed by atoms with Crippen molar-refractivity contribution < 1.29 is 14.3 Å². The largest absolute Gasteiger partial charge is 0.463 e. The van der Waals surface area contributed by atoms with E-state index in [2.05, 4.69) is 43.4 Å². The molecule has 2 aliphatic rings. The van der Waals surface area contributed by atoms with Crippen molar-refractivity contribution in [1.82, 2.24) is 10.2 Å². The molecule has 0 aliphatic carbocycles. The lowest BCUT2D eigenvalue weighted by atomic mass is 9.90. The fourth-order valence-electron chi connectivity index (χ4n) is 4.40. The van der Waals surface area contributed by atoms with Gasteiger partial charge in [0.2, 0.25) is 5.91 Å². The molecule has 0 bridgehead atoms. The summed E-state index contributed by atoms with van der Waals surface area (Å²) in [5, 5.41) is 5.68. The smallest absolute Gasteiger partial charge is 0.338 e. The third-order valence-corrected chi connectivity index (χ3v) is 6.95. The van der Waals surface area contributed by atoms with Crippen LogP contribution in [0.3, 0.4) is 0 Å². The Labute approximate surface area is 217 Å². The van der Waals surface area contributed by atoms with Crippen LogP contribution in [0, 0.1) is 0 Å². The molecule has 6 nitrogen and oxygen atoms in total. The van der Waals surface area contributed by atoms with Gasteiger partial charge in [-0.05, 0) is 43.2 Å². The number of thioether (sulfide) groups is 1. The zero-order chi connectivity index (χ0) is 25.8. The molecule has 36 heavy (non-hydrogen) atoms. The summed E-state index contributed by atoms with van der Waals surface area (Å²) in [4.78, 5) is 33.2. The quantitative estimate of drug-likeness (QED) is 0.448. The molecule has 1 amide bonds. The van der Waals surface area contributed by atoms with Gasteiger partial charge in [-0.25, -0.2) is 9.79 Å². The maximum atomic E-state index is 13.5. The van der Waals surface area contributed by atoms with E-state index < -0.39 is 12.0 Å². The predicted molar refractivity (Wildman–Crippen MR) is 146 cm³/mol. The number of carbonyl (C=O) groups excluding carboxylic acids is 2. The monoisotopic (exact) mass is 503 g/mol. The standard InChI is InChI=1S/C29H33N3O3S/c1-6-35-28(34)25-26(21-10-8-7-9-11-21)31-29-32(23(17-36-29)16-24(33)30-19(4)5)27(25)22-14-12-20(13-15-22)18(2)3/h7-15,17-19,27H,6,16H2,1-5H3,(H,30,33). The van der Waals surface area contributed by atoms with Gasteiger partial charge in [0, 0.05) is 17.3 Å². The molecule has 0 spiro atoms. The summed E-state index contributed by atoms with van der Waals surface area (Å²) in [5.74, 6) is -0.0810. The van der Waals surface area contributed by atoms with Crippen molar-refractivity contribution in [3.63, 3.8) is 0 Å². The van der Waals surface area contributed by atoms with Gasteiger partial charge in [-0.2, -0.15) is 0 Å². The van der Waals surface area contributed by atoms with Crippen LogP contribution in [0.5, 0.6) is 0 Å². The maximum absolute atomic E-state index is 13.5. The van der Waals surface area contributed by atoms with E-state index in [-0.39, 0.29) is 25.0 Å². The number of benzene rings is 2. The molecule has 4 rings (SSSR count). The molecule has 7 heteroatoms. The van der Waals surface area contributed by atoms with Crippen LogP contribution >= 0.6 is 11.8 Å². The maximum Gasteiger partial charge on any atom is 0.338 e. The second kappa shape index (κ2) is 11.2. The average molecular weight is 504 g/mol. The fraction of sp³-hybridized carbons (Fsp3) is 0.345. The van der Waals surface area contributed by atoms with Gasteiger partial charge in [-0.1, -0.05) is 80.2 Å². The first-order valence-corrected chi connectivity index (χ1v) is 13.3. The molecular formula is C29H33N3O3S. The first-order valence-electron chi connectivity index (χ1n) is 12.4. The van der Waals surface area contributed by atoms with E-state index in [1.807, 2.05) is 54.5 Å². The number of amides is 1. The van der Waals surface area contributed by atoms with Crippen LogP contribution in [-0.2, 0) is 14.3 Å². The van der Waals surface area contributed by atoms with E-state index in [4.69, 9.17) is 9.73 Å². The van der Waals surface area contributed by atoms with E-state index in [0.29, 0.717) is 17.2 Å². The molecule has 2 aliphatic heterocycles. The first-order chi connectivity index (χ1) is 17.3. The third kappa shape index (κ3) is 5.41. The number of carbonyl (C=O) groups is 2. The molecule has 0 radical (unpaired) electrons. The topological polar surface area (TPSA) is 71.0 Å². The summed E-state index contributed by atoms with van der Waals surface area (Å²) < 4.78 is 5.57. The number of ether oxygens (including phenoxy) is 1. The van der Waals surface area contributed by atoms with Crippen molar-refractivity contribution >= 4 is 34.5 Å². The number of esters is 1. The molecule has 0 saturated heterocycles. The highest BCUT2D eigenvalue weighted by Gasteiger charge is 2.42. The lowest BCUT2D eigenvalue weighted by Gasteiger charge is -2.37. The second-order valence-corrected chi connectivity index (χ2v) is 10.3. The van der Waals surface area contributed by atoms with E-state index in [0.717, 1.165) is 22.0 Å². The zero-order valence-corrected chi connectivity index (χ0v) is 22.3.